The van der Waals surface area contributed by atoms with E-state index in [1.165, 1.54) is 17.7 Å². The first kappa shape index (κ1) is 18.1. The van der Waals surface area contributed by atoms with Crippen LogP contribution in [0.4, 0.5) is 5.69 Å². The van der Waals surface area contributed by atoms with Crippen LogP contribution in [0.25, 0.3) is 0 Å². The molecule has 130 valence electrons. The van der Waals surface area contributed by atoms with E-state index in [1.807, 2.05) is 23.0 Å². The highest BCUT2D eigenvalue weighted by Crippen LogP contribution is 2.12. The van der Waals surface area contributed by atoms with E-state index in [0.29, 0.717) is 5.75 Å². The Hall–Kier alpha value is -3.22. The van der Waals surface area contributed by atoms with Crippen LogP contribution in [-0.2, 0) is 13.0 Å². The largest absolute Gasteiger partial charge is 0.508 e. The summed E-state index contributed by atoms with van der Waals surface area (Å²) in [4.78, 5) is 9.59. The molecule has 0 aliphatic heterocycles. The molecule has 0 amide bonds. The molecule has 2 aromatic carbocycles. The molecule has 0 fully saturated rings. The maximum absolute atomic E-state index is 10.0. The van der Waals surface area contributed by atoms with Crippen LogP contribution in [0.1, 0.15) is 18.4 Å². The molecule has 3 aromatic rings. The number of phenols is 1. The van der Waals surface area contributed by atoms with Gasteiger partial charge in [-0.3, -0.25) is 14.8 Å². The van der Waals surface area contributed by atoms with Crippen molar-refractivity contribution < 1.29 is 10.0 Å². The van der Waals surface area contributed by atoms with Crippen molar-refractivity contribution in [3.05, 3.63) is 82.7 Å². The zero-order chi connectivity index (χ0) is 17.9. The van der Waals surface area contributed by atoms with Gasteiger partial charge in [-0.1, -0.05) is 35.5 Å². The van der Waals surface area contributed by atoms with E-state index in [4.69, 9.17) is 5.11 Å². The average molecular weight is 340 g/mol. The minimum Gasteiger partial charge on any atom is -0.508 e. The van der Waals surface area contributed by atoms with Crippen LogP contribution in [0.5, 0.6) is 5.75 Å². The summed E-state index contributed by atoms with van der Waals surface area (Å²) in [6.07, 6.45) is 6.81. The predicted octanol–water partition coefficient (Wildman–Crippen LogP) is 3.60. The standard InChI is InChI=1S/C12H15N3O.C6H5NO2/c16-12-6-4-11(5-7-12)3-1-2-9-15-10-8-13-14-15;8-7(9)6-4-2-1-3-5-6/h4-8,10,16H,1-3,9H2;1-5H. The number of non-ortho nitro benzene ring substituents is 1. The van der Waals surface area contributed by atoms with Gasteiger partial charge < -0.3 is 5.11 Å². The summed E-state index contributed by atoms with van der Waals surface area (Å²) >= 11 is 0. The minimum atomic E-state index is -0.417. The molecule has 3 rings (SSSR count). The molecule has 0 atom stereocenters. The molecule has 7 nitrogen and oxygen atoms in total. The lowest BCUT2D eigenvalue weighted by Gasteiger charge is -2.02. The van der Waals surface area contributed by atoms with Crippen molar-refractivity contribution in [3.63, 3.8) is 0 Å². The lowest BCUT2D eigenvalue weighted by atomic mass is 10.1. The Bertz CT molecular complexity index is 744. The monoisotopic (exact) mass is 340 g/mol. The molecule has 25 heavy (non-hydrogen) atoms. The summed E-state index contributed by atoms with van der Waals surface area (Å²) in [5.74, 6) is 0.325. The Morgan fingerprint density at radius 3 is 2.32 bits per heavy atom. The fourth-order valence-electron chi connectivity index (χ4n) is 2.17. The average Bonchev–Trinajstić information content (AvgIpc) is 3.15. The third-order valence-electron chi connectivity index (χ3n) is 3.48. The van der Waals surface area contributed by atoms with E-state index in [0.717, 1.165) is 25.8 Å². The number of hydrogen-bond acceptors (Lipinski definition) is 5. The molecule has 0 spiro atoms. The van der Waals surface area contributed by atoms with Crippen molar-refractivity contribution >= 4 is 5.69 Å². The van der Waals surface area contributed by atoms with E-state index >= 15 is 0 Å². The summed E-state index contributed by atoms with van der Waals surface area (Å²) < 4.78 is 1.84. The number of benzene rings is 2. The summed E-state index contributed by atoms with van der Waals surface area (Å²) in [7, 11) is 0. The minimum absolute atomic E-state index is 0.137. The Morgan fingerprint density at radius 1 is 1.04 bits per heavy atom. The van der Waals surface area contributed by atoms with Gasteiger partial charge in [0.2, 0.25) is 0 Å². The molecule has 0 saturated heterocycles. The highest BCUT2D eigenvalue weighted by Gasteiger charge is 1.98. The summed E-state index contributed by atoms with van der Waals surface area (Å²) in [5.41, 5.74) is 1.40. The number of nitrogens with zero attached hydrogens (tertiary/aromatic N) is 4. The molecule has 0 bridgehead atoms. The van der Waals surface area contributed by atoms with Crippen LogP contribution in [0, 0.1) is 10.1 Å². The highest BCUT2D eigenvalue weighted by atomic mass is 16.6. The van der Waals surface area contributed by atoms with Crippen molar-refractivity contribution in [1.29, 1.82) is 0 Å². The van der Waals surface area contributed by atoms with Gasteiger partial charge in [0, 0.05) is 24.9 Å². The van der Waals surface area contributed by atoms with E-state index in [1.54, 1.807) is 36.5 Å². The Morgan fingerprint density at radius 2 is 1.76 bits per heavy atom. The number of phenolic OH excluding ortho intramolecular Hbond substituents is 1. The van der Waals surface area contributed by atoms with Crippen molar-refractivity contribution in [3.8, 4) is 5.75 Å². The summed E-state index contributed by atoms with van der Waals surface area (Å²) in [5, 5.41) is 26.8. The number of nitro groups is 1. The van der Waals surface area contributed by atoms with Gasteiger partial charge in [0.25, 0.3) is 5.69 Å². The molecule has 0 radical (unpaired) electrons. The van der Waals surface area contributed by atoms with Crippen molar-refractivity contribution in [1.82, 2.24) is 15.0 Å². The van der Waals surface area contributed by atoms with Gasteiger partial charge in [0.05, 0.1) is 11.1 Å². The molecular formula is C18H20N4O3. The second kappa shape index (κ2) is 9.82. The number of para-hydroxylation sites is 1. The van der Waals surface area contributed by atoms with Gasteiger partial charge in [-0.15, -0.1) is 5.10 Å². The molecular weight excluding hydrogens is 320 g/mol. The number of hydrogen-bond donors (Lipinski definition) is 1. The van der Waals surface area contributed by atoms with Crippen molar-refractivity contribution in [2.24, 2.45) is 0 Å². The number of aromatic nitrogens is 3. The van der Waals surface area contributed by atoms with Gasteiger partial charge in [-0.2, -0.15) is 0 Å². The number of unbranched alkanes of at least 4 members (excludes halogenated alkanes) is 1. The number of nitro benzene ring substituents is 1. The number of rotatable bonds is 6. The lowest BCUT2D eigenvalue weighted by molar-refractivity contribution is -0.384. The Labute approximate surface area is 145 Å². The third-order valence-corrected chi connectivity index (χ3v) is 3.48. The first-order valence-corrected chi connectivity index (χ1v) is 7.96. The second-order valence-electron chi connectivity index (χ2n) is 5.38. The zero-order valence-corrected chi connectivity index (χ0v) is 13.7. The van der Waals surface area contributed by atoms with Gasteiger partial charge in [-0.25, -0.2) is 0 Å². The fourth-order valence-corrected chi connectivity index (χ4v) is 2.17. The lowest BCUT2D eigenvalue weighted by Crippen LogP contribution is -1.99. The van der Waals surface area contributed by atoms with E-state index in [9.17, 15) is 10.1 Å². The Kier molecular flexibility index (Phi) is 7.12. The van der Waals surface area contributed by atoms with E-state index in [2.05, 4.69) is 10.3 Å². The van der Waals surface area contributed by atoms with Crippen LogP contribution in [0.2, 0.25) is 0 Å². The number of aromatic hydroxyl groups is 1. The highest BCUT2D eigenvalue weighted by molar-refractivity contribution is 5.28. The molecule has 0 aliphatic carbocycles. The molecule has 1 heterocycles. The van der Waals surface area contributed by atoms with Crippen LogP contribution in [-0.4, -0.2) is 25.0 Å². The van der Waals surface area contributed by atoms with Crippen LogP contribution >= 0.6 is 0 Å². The molecule has 0 aliphatic rings. The normalized spacial score (nSPS) is 9.92. The zero-order valence-electron chi connectivity index (χ0n) is 13.7. The fraction of sp³-hybridized carbons (Fsp3) is 0.222. The topological polar surface area (TPSA) is 94.1 Å². The van der Waals surface area contributed by atoms with E-state index < -0.39 is 4.92 Å². The molecule has 0 unspecified atom stereocenters. The molecule has 0 saturated carbocycles. The maximum atomic E-state index is 10.0. The quantitative estimate of drug-likeness (QED) is 0.420. The van der Waals surface area contributed by atoms with Crippen molar-refractivity contribution in [2.45, 2.75) is 25.8 Å². The molecule has 1 aromatic heterocycles. The van der Waals surface area contributed by atoms with Crippen LogP contribution < -0.4 is 0 Å². The summed E-state index contributed by atoms with van der Waals surface area (Å²) in [6, 6.07) is 15.3. The first-order chi connectivity index (χ1) is 12.1. The smallest absolute Gasteiger partial charge is 0.269 e. The van der Waals surface area contributed by atoms with Crippen molar-refractivity contribution in [2.75, 3.05) is 0 Å². The summed E-state index contributed by atoms with van der Waals surface area (Å²) in [6.45, 7) is 0.915. The molecule has 1 N–H and O–H groups in total. The van der Waals surface area contributed by atoms with Gasteiger partial charge >= 0.3 is 0 Å². The SMILES string of the molecule is O=[N+]([O-])c1ccccc1.Oc1ccc(CCCCn2ccnn2)cc1. The molecule has 7 heteroatoms. The van der Waals surface area contributed by atoms with Crippen LogP contribution in [0.15, 0.2) is 67.0 Å². The van der Waals surface area contributed by atoms with Crippen LogP contribution in [0.3, 0.4) is 0 Å². The van der Waals surface area contributed by atoms with Gasteiger partial charge in [0.15, 0.2) is 0 Å². The van der Waals surface area contributed by atoms with Gasteiger partial charge in [-0.05, 0) is 37.0 Å². The Balaban J connectivity index is 0.000000212. The van der Waals surface area contributed by atoms with Gasteiger partial charge in [0.1, 0.15) is 5.75 Å². The second-order valence-corrected chi connectivity index (χ2v) is 5.38. The number of aryl methyl sites for hydroxylation is 2. The third kappa shape index (κ3) is 6.82. The predicted molar refractivity (Wildman–Crippen MR) is 94.2 cm³/mol. The van der Waals surface area contributed by atoms with E-state index in [-0.39, 0.29) is 5.69 Å². The first-order valence-electron chi connectivity index (χ1n) is 7.96. The maximum Gasteiger partial charge on any atom is 0.269 e.